The summed E-state index contributed by atoms with van der Waals surface area (Å²) in [5, 5.41) is 2.25. The SMILES string of the molecule is O=C(COc1ccccc1)NNC(=O)c1csc(C2CCN(C(=O)c3ccccc3C(F)(F)F)CC2)n1. The number of hydrogen-bond donors (Lipinski definition) is 2. The number of halogens is 3. The molecule has 8 nitrogen and oxygen atoms in total. The normalized spacial score (nSPS) is 14.2. The standard InChI is InChI=1S/C25H23F3N4O4S/c26-25(27,28)19-9-5-4-8-18(19)24(35)32-12-10-16(11-13-32)23-29-20(15-37-23)22(34)31-30-21(33)14-36-17-6-2-1-3-7-17/h1-9,15-16H,10-14H2,(H,30,33)(H,31,34). The number of ether oxygens (including phenoxy) is 1. The number of amides is 3. The summed E-state index contributed by atoms with van der Waals surface area (Å²) in [5.74, 6) is -1.31. The lowest BCUT2D eigenvalue weighted by Gasteiger charge is -2.31. The zero-order chi connectivity index (χ0) is 26.4. The van der Waals surface area contributed by atoms with Gasteiger partial charge in [-0.05, 0) is 37.1 Å². The number of rotatable bonds is 6. The lowest BCUT2D eigenvalue weighted by molar-refractivity contribution is -0.138. The lowest BCUT2D eigenvalue weighted by atomic mass is 9.96. The van der Waals surface area contributed by atoms with E-state index in [1.807, 2.05) is 6.07 Å². The zero-order valence-corrected chi connectivity index (χ0v) is 20.3. The van der Waals surface area contributed by atoms with Gasteiger partial charge < -0.3 is 9.64 Å². The van der Waals surface area contributed by atoms with Gasteiger partial charge in [-0.1, -0.05) is 30.3 Å². The number of nitrogens with zero attached hydrogens (tertiary/aromatic N) is 2. The maximum Gasteiger partial charge on any atom is 0.417 e. The fourth-order valence-corrected chi connectivity index (χ4v) is 4.86. The number of alkyl halides is 3. The van der Waals surface area contributed by atoms with E-state index >= 15 is 0 Å². The zero-order valence-electron chi connectivity index (χ0n) is 19.5. The molecule has 1 fully saturated rings. The summed E-state index contributed by atoms with van der Waals surface area (Å²) in [6.45, 7) is 0.264. The van der Waals surface area contributed by atoms with Gasteiger partial charge in [-0.25, -0.2) is 4.98 Å². The quantitative estimate of drug-likeness (QED) is 0.467. The molecule has 0 saturated carbocycles. The molecule has 3 aromatic rings. The van der Waals surface area contributed by atoms with Crippen LogP contribution in [0.3, 0.4) is 0 Å². The second-order valence-corrected chi connectivity index (χ2v) is 9.17. The smallest absolute Gasteiger partial charge is 0.417 e. The van der Waals surface area contributed by atoms with Gasteiger partial charge in [-0.3, -0.25) is 25.2 Å². The van der Waals surface area contributed by atoms with Crippen molar-refractivity contribution in [3.05, 3.63) is 81.8 Å². The number of aromatic nitrogens is 1. The van der Waals surface area contributed by atoms with Gasteiger partial charge in [0, 0.05) is 24.4 Å². The van der Waals surface area contributed by atoms with Crippen LogP contribution in [0.4, 0.5) is 13.2 Å². The number of piperidine rings is 1. The van der Waals surface area contributed by atoms with Crippen LogP contribution in [0.5, 0.6) is 5.75 Å². The summed E-state index contributed by atoms with van der Waals surface area (Å²) < 4.78 is 45.2. The fourth-order valence-electron chi connectivity index (χ4n) is 3.89. The molecule has 1 aromatic heterocycles. The van der Waals surface area contributed by atoms with Crippen LogP contribution < -0.4 is 15.6 Å². The van der Waals surface area contributed by atoms with Gasteiger partial charge in [0.2, 0.25) is 0 Å². The van der Waals surface area contributed by atoms with Crippen LogP contribution in [-0.4, -0.2) is 47.3 Å². The number of likely N-dealkylation sites (tertiary alicyclic amines) is 1. The molecular formula is C25H23F3N4O4S. The Morgan fingerprint density at radius 3 is 2.38 bits per heavy atom. The Kier molecular flexibility index (Phi) is 8.07. The minimum Gasteiger partial charge on any atom is -0.484 e. The molecule has 3 amide bonds. The molecule has 0 aliphatic carbocycles. The Balaban J connectivity index is 1.27. The molecule has 1 aliphatic rings. The first-order chi connectivity index (χ1) is 17.7. The number of para-hydroxylation sites is 1. The molecule has 2 aromatic carbocycles. The first-order valence-corrected chi connectivity index (χ1v) is 12.3. The van der Waals surface area contributed by atoms with Gasteiger partial charge in [-0.2, -0.15) is 13.2 Å². The van der Waals surface area contributed by atoms with Crippen LogP contribution >= 0.6 is 11.3 Å². The molecule has 0 bridgehead atoms. The summed E-state index contributed by atoms with van der Waals surface area (Å²) in [7, 11) is 0. The third kappa shape index (κ3) is 6.64. The van der Waals surface area contributed by atoms with Crippen LogP contribution in [0.1, 0.15) is 50.2 Å². The highest BCUT2D eigenvalue weighted by Gasteiger charge is 2.36. The number of nitrogens with one attached hydrogen (secondary N) is 2. The van der Waals surface area contributed by atoms with Crippen molar-refractivity contribution in [3.8, 4) is 5.75 Å². The number of benzene rings is 2. The van der Waals surface area contributed by atoms with E-state index < -0.39 is 29.5 Å². The molecule has 0 radical (unpaired) electrons. The maximum absolute atomic E-state index is 13.3. The van der Waals surface area contributed by atoms with E-state index in [2.05, 4.69) is 15.8 Å². The van der Waals surface area contributed by atoms with Crippen LogP contribution in [0, 0.1) is 0 Å². The first-order valence-electron chi connectivity index (χ1n) is 11.4. The van der Waals surface area contributed by atoms with Crippen molar-refractivity contribution >= 4 is 29.1 Å². The van der Waals surface area contributed by atoms with Gasteiger partial charge >= 0.3 is 6.18 Å². The van der Waals surface area contributed by atoms with E-state index in [0.717, 1.165) is 6.07 Å². The second-order valence-electron chi connectivity index (χ2n) is 8.28. The van der Waals surface area contributed by atoms with Gasteiger partial charge in [0.05, 0.1) is 16.1 Å². The van der Waals surface area contributed by atoms with E-state index in [0.29, 0.717) is 23.6 Å². The largest absolute Gasteiger partial charge is 0.484 e. The van der Waals surface area contributed by atoms with E-state index in [9.17, 15) is 27.6 Å². The number of thiazole rings is 1. The average Bonchev–Trinajstić information content (AvgIpc) is 3.41. The molecule has 1 saturated heterocycles. The van der Waals surface area contributed by atoms with Crippen molar-refractivity contribution in [3.63, 3.8) is 0 Å². The molecule has 0 unspecified atom stereocenters. The molecular weight excluding hydrogens is 509 g/mol. The molecule has 0 spiro atoms. The lowest BCUT2D eigenvalue weighted by Crippen LogP contribution is -2.44. The molecule has 4 rings (SSSR count). The fraction of sp³-hybridized carbons (Fsp3) is 0.280. The van der Waals surface area contributed by atoms with E-state index in [1.165, 1.54) is 34.4 Å². The Bertz CT molecular complexity index is 1260. The molecule has 0 atom stereocenters. The minimum absolute atomic E-state index is 0.0395. The Hall–Kier alpha value is -3.93. The number of carbonyl (C=O) groups is 3. The predicted octanol–water partition coefficient (Wildman–Crippen LogP) is 4.02. The van der Waals surface area contributed by atoms with Crippen molar-refractivity contribution in [2.45, 2.75) is 24.9 Å². The topological polar surface area (TPSA) is 101 Å². The first kappa shape index (κ1) is 26.1. The summed E-state index contributed by atoms with van der Waals surface area (Å²) >= 11 is 1.28. The molecule has 2 N–H and O–H groups in total. The van der Waals surface area contributed by atoms with E-state index in [1.54, 1.807) is 29.6 Å². The van der Waals surface area contributed by atoms with Crippen molar-refractivity contribution in [2.75, 3.05) is 19.7 Å². The van der Waals surface area contributed by atoms with Gasteiger partial charge in [0.1, 0.15) is 11.4 Å². The Morgan fingerprint density at radius 1 is 1.00 bits per heavy atom. The van der Waals surface area contributed by atoms with Crippen molar-refractivity contribution in [1.29, 1.82) is 0 Å². The highest BCUT2D eigenvalue weighted by molar-refractivity contribution is 7.09. The van der Waals surface area contributed by atoms with Crippen molar-refractivity contribution in [2.24, 2.45) is 0 Å². The predicted molar refractivity (Wildman–Crippen MR) is 129 cm³/mol. The van der Waals surface area contributed by atoms with E-state index in [4.69, 9.17) is 4.74 Å². The summed E-state index contributed by atoms with van der Waals surface area (Å²) in [4.78, 5) is 42.8. The van der Waals surface area contributed by atoms with Gasteiger partial charge in [-0.15, -0.1) is 11.3 Å². The maximum atomic E-state index is 13.3. The highest BCUT2D eigenvalue weighted by atomic mass is 32.1. The Labute approximate surface area is 214 Å². The van der Waals surface area contributed by atoms with Crippen molar-refractivity contribution in [1.82, 2.24) is 20.7 Å². The summed E-state index contributed by atoms with van der Waals surface area (Å²) in [5.41, 5.74) is 3.37. The van der Waals surface area contributed by atoms with Crippen LogP contribution in [0.15, 0.2) is 60.0 Å². The third-order valence-electron chi connectivity index (χ3n) is 5.78. The van der Waals surface area contributed by atoms with E-state index in [-0.39, 0.29) is 36.9 Å². The molecule has 1 aliphatic heterocycles. The number of hydrazine groups is 1. The van der Waals surface area contributed by atoms with Crippen LogP contribution in [0.25, 0.3) is 0 Å². The molecule has 2 heterocycles. The van der Waals surface area contributed by atoms with Crippen LogP contribution in [-0.2, 0) is 11.0 Å². The van der Waals surface area contributed by atoms with Crippen molar-refractivity contribution < 1.29 is 32.3 Å². The average molecular weight is 533 g/mol. The minimum atomic E-state index is -4.61. The molecule has 194 valence electrons. The molecule has 12 heteroatoms. The number of hydrogen-bond acceptors (Lipinski definition) is 6. The Morgan fingerprint density at radius 2 is 1.68 bits per heavy atom. The summed E-state index contributed by atoms with van der Waals surface area (Å²) in [6.07, 6.45) is -3.61. The van der Waals surface area contributed by atoms with Crippen LogP contribution in [0.2, 0.25) is 0 Å². The summed E-state index contributed by atoms with van der Waals surface area (Å²) in [6, 6.07) is 13.5. The third-order valence-corrected chi connectivity index (χ3v) is 6.78. The monoisotopic (exact) mass is 532 g/mol. The van der Waals surface area contributed by atoms with Gasteiger partial charge in [0.25, 0.3) is 17.7 Å². The van der Waals surface area contributed by atoms with Gasteiger partial charge in [0.15, 0.2) is 6.61 Å². The second kappa shape index (κ2) is 11.4. The molecule has 37 heavy (non-hydrogen) atoms. The highest BCUT2D eigenvalue weighted by Crippen LogP contribution is 2.34. The number of carbonyl (C=O) groups excluding carboxylic acids is 3.